The van der Waals surface area contributed by atoms with Crippen LogP contribution in [0.1, 0.15) is 42.4 Å². The lowest BCUT2D eigenvalue weighted by Crippen LogP contribution is -2.05. The van der Waals surface area contributed by atoms with Gasteiger partial charge in [0, 0.05) is 5.69 Å². The number of aromatic nitrogens is 1. The van der Waals surface area contributed by atoms with Gasteiger partial charge in [0.1, 0.15) is 5.69 Å². The molecule has 1 aromatic heterocycles. The highest BCUT2D eigenvalue weighted by molar-refractivity contribution is 5.87. The van der Waals surface area contributed by atoms with E-state index in [0.29, 0.717) is 5.69 Å². The van der Waals surface area contributed by atoms with Crippen LogP contribution in [0.15, 0.2) is 18.2 Å². The van der Waals surface area contributed by atoms with Gasteiger partial charge in [0.25, 0.3) is 0 Å². The number of pyridine rings is 1. The van der Waals surface area contributed by atoms with E-state index in [2.05, 4.69) is 16.6 Å². The second kappa shape index (κ2) is 6.17. The van der Waals surface area contributed by atoms with Gasteiger partial charge in [-0.1, -0.05) is 25.8 Å². The van der Waals surface area contributed by atoms with Crippen LogP contribution in [0.3, 0.4) is 0 Å². The Labute approximate surface area is 90.5 Å². The summed E-state index contributed by atoms with van der Waals surface area (Å²) >= 11 is 0. The van der Waals surface area contributed by atoms with Crippen molar-refractivity contribution in [1.29, 1.82) is 0 Å². The molecule has 0 N–H and O–H groups in total. The van der Waals surface area contributed by atoms with Gasteiger partial charge in [0.15, 0.2) is 0 Å². The van der Waals surface area contributed by atoms with Crippen molar-refractivity contribution in [1.82, 2.24) is 4.98 Å². The summed E-state index contributed by atoms with van der Waals surface area (Å²) in [6.45, 7) is 2.16. The number of aryl methyl sites for hydroxylation is 1. The van der Waals surface area contributed by atoms with E-state index in [1.165, 1.54) is 20.0 Å². The quantitative estimate of drug-likeness (QED) is 0.550. The van der Waals surface area contributed by atoms with Gasteiger partial charge < -0.3 is 4.74 Å². The number of unbranched alkanes of at least 4 members (excludes halogenated alkanes) is 2. The zero-order chi connectivity index (χ0) is 11.1. The third-order valence-corrected chi connectivity index (χ3v) is 2.24. The summed E-state index contributed by atoms with van der Waals surface area (Å²) < 4.78 is 4.62. The minimum Gasteiger partial charge on any atom is -0.464 e. The summed E-state index contributed by atoms with van der Waals surface area (Å²) in [5.41, 5.74) is 1.36. The van der Waals surface area contributed by atoms with Gasteiger partial charge in [-0.15, -0.1) is 0 Å². The molecular weight excluding hydrogens is 190 g/mol. The van der Waals surface area contributed by atoms with Gasteiger partial charge in [-0.05, 0) is 25.0 Å². The van der Waals surface area contributed by atoms with E-state index in [-0.39, 0.29) is 5.97 Å². The van der Waals surface area contributed by atoms with Crippen molar-refractivity contribution in [2.75, 3.05) is 7.11 Å². The molecule has 0 aliphatic carbocycles. The van der Waals surface area contributed by atoms with Crippen molar-refractivity contribution < 1.29 is 9.53 Å². The standard InChI is InChI=1S/C12H17NO2/c1-3-4-5-7-10-8-6-9-11(13-10)12(14)15-2/h6,8-9H,3-5,7H2,1-2H3. The van der Waals surface area contributed by atoms with E-state index in [1.807, 2.05) is 12.1 Å². The first-order chi connectivity index (χ1) is 7.27. The second-order valence-corrected chi connectivity index (χ2v) is 3.46. The van der Waals surface area contributed by atoms with Gasteiger partial charge in [-0.25, -0.2) is 9.78 Å². The lowest BCUT2D eigenvalue weighted by atomic mass is 10.1. The van der Waals surface area contributed by atoms with Crippen LogP contribution in [0, 0.1) is 0 Å². The fourth-order valence-corrected chi connectivity index (χ4v) is 1.39. The largest absolute Gasteiger partial charge is 0.464 e. The van der Waals surface area contributed by atoms with E-state index in [1.54, 1.807) is 6.07 Å². The number of hydrogen-bond donors (Lipinski definition) is 0. The third-order valence-electron chi connectivity index (χ3n) is 2.24. The monoisotopic (exact) mass is 207 g/mol. The molecule has 0 saturated heterocycles. The van der Waals surface area contributed by atoms with Crippen LogP contribution in [0.25, 0.3) is 0 Å². The molecule has 0 radical (unpaired) electrons. The maximum atomic E-state index is 11.2. The Morgan fingerprint density at radius 2 is 2.20 bits per heavy atom. The smallest absolute Gasteiger partial charge is 0.356 e. The van der Waals surface area contributed by atoms with Crippen LogP contribution in [0.5, 0.6) is 0 Å². The molecule has 0 amide bonds. The maximum Gasteiger partial charge on any atom is 0.356 e. The minimum absolute atomic E-state index is 0.368. The summed E-state index contributed by atoms with van der Waals surface area (Å²) in [6.07, 6.45) is 4.44. The van der Waals surface area contributed by atoms with E-state index in [4.69, 9.17) is 0 Å². The topological polar surface area (TPSA) is 39.2 Å². The van der Waals surface area contributed by atoms with Crippen molar-refractivity contribution in [3.8, 4) is 0 Å². The van der Waals surface area contributed by atoms with Crippen LogP contribution in [0.4, 0.5) is 0 Å². The molecule has 0 unspecified atom stereocenters. The highest BCUT2D eigenvalue weighted by atomic mass is 16.5. The molecule has 0 bridgehead atoms. The number of rotatable bonds is 5. The molecule has 0 fully saturated rings. The van der Waals surface area contributed by atoms with E-state index >= 15 is 0 Å². The average molecular weight is 207 g/mol. The Morgan fingerprint density at radius 3 is 2.87 bits per heavy atom. The van der Waals surface area contributed by atoms with Crippen LogP contribution >= 0.6 is 0 Å². The third kappa shape index (κ3) is 3.70. The second-order valence-electron chi connectivity index (χ2n) is 3.46. The predicted molar refractivity (Wildman–Crippen MR) is 58.8 cm³/mol. The molecule has 0 atom stereocenters. The highest BCUT2D eigenvalue weighted by Gasteiger charge is 2.06. The van der Waals surface area contributed by atoms with Crippen molar-refractivity contribution in [2.45, 2.75) is 32.6 Å². The summed E-state index contributed by atoms with van der Waals surface area (Å²) in [6, 6.07) is 5.47. The van der Waals surface area contributed by atoms with Crippen molar-refractivity contribution >= 4 is 5.97 Å². The first kappa shape index (κ1) is 11.7. The molecule has 0 aromatic carbocycles. The molecule has 1 heterocycles. The number of nitrogens with zero attached hydrogens (tertiary/aromatic N) is 1. The first-order valence-corrected chi connectivity index (χ1v) is 5.32. The Hall–Kier alpha value is -1.38. The van der Waals surface area contributed by atoms with E-state index < -0.39 is 0 Å². The molecule has 1 aromatic rings. The normalized spacial score (nSPS) is 10.0. The summed E-state index contributed by atoms with van der Waals surface area (Å²) in [7, 11) is 1.37. The molecule has 0 saturated carbocycles. The van der Waals surface area contributed by atoms with Gasteiger partial charge in [0.05, 0.1) is 7.11 Å². The molecular formula is C12H17NO2. The van der Waals surface area contributed by atoms with Gasteiger partial charge in [-0.3, -0.25) is 0 Å². The molecule has 82 valence electrons. The highest BCUT2D eigenvalue weighted by Crippen LogP contribution is 2.06. The van der Waals surface area contributed by atoms with Gasteiger partial charge >= 0.3 is 5.97 Å². The lowest BCUT2D eigenvalue weighted by Gasteiger charge is -2.02. The Balaban J connectivity index is 2.62. The molecule has 3 nitrogen and oxygen atoms in total. The van der Waals surface area contributed by atoms with Crippen LogP contribution < -0.4 is 0 Å². The molecule has 0 aliphatic heterocycles. The van der Waals surface area contributed by atoms with Crippen LogP contribution in [-0.4, -0.2) is 18.1 Å². The minimum atomic E-state index is -0.368. The number of hydrogen-bond acceptors (Lipinski definition) is 3. The zero-order valence-corrected chi connectivity index (χ0v) is 9.32. The Morgan fingerprint density at radius 1 is 1.40 bits per heavy atom. The van der Waals surface area contributed by atoms with Gasteiger partial charge in [0.2, 0.25) is 0 Å². The number of esters is 1. The predicted octanol–water partition coefficient (Wildman–Crippen LogP) is 2.60. The zero-order valence-electron chi connectivity index (χ0n) is 9.32. The molecule has 15 heavy (non-hydrogen) atoms. The SMILES string of the molecule is CCCCCc1cccc(C(=O)OC)n1. The summed E-state index contributed by atoms with van der Waals surface area (Å²) in [4.78, 5) is 15.5. The average Bonchev–Trinajstić information content (AvgIpc) is 2.29. The van der Waals surface area contributed by atoms with E-state index in [0.717, 1.165) is 18.5 Å². The van der Waals surface area contributed by atoms with E-state index in [9.17, 15) is 4.79 Å². The Kier molecular flexibility index (Phi) is 4.81. The molecule has 3 heteroatoms. The van der Waals surface area contributed by atoms with Gasteiger partial charge in [-0.2, -0.15) is 0 Å². The van der Waals surface area contributed by atoms with Crippen molar-refractivity contribution in [3.63, 3.8) is 0 Å². The number of carbonyl (C=O) groups excluding carboxylic acids is 1. The molecule has 1 rings (SSSR count). The lowest BCUT2D eigenvalue weighted by molar-refractivity contribution is 0.0593. The number of ether oxygens (including phenoxy) is 1. The van der Waals surface area contributed by atoms with Crippen molar-refractivity contribution in [3.05, 3.63) is 29.6 Å². The molecule has 0 spiro atoms. The maximum absolute atomic E-state index is 11.2. The summed E-state index contributed by atoms with van der Waals surface area (Å²) in [5, 5.41) is 0. The number of carbonyl (C=O) groups is 1. The number of methoxy groups -OCH3 is 1. The Bertz CT molecular complexity index is 323. The summed E-state index contributed by atoms with van der Waals surface area (Å²) in [5.74, 6) is -0.368. The fourth-order valence-electron chi connectivity index (χ4n) is 1.39. The van der Waals surface area contributed by atoms with Crippen molar-refractivity contribution in [2.24, 2.45) is 0 Å². The first-order valence-electron chi connectivity index (χ1n) is 5.32. The fraction of sp³-hybridized carbons (Fsp3) is 0.500. The molecule has 0 aliphatic rings. The van der Waals surface area contributed by atoms with Crippen LogP contribution in [0.2, 0.25) is 0 Å². The van der Waals surface area contributed by atoms with Crippen LogP contribution in [-0.2, 0) is 11.2 Å².